The molecule has 1 saturated carbocycles. The first kappa shape index (κ1) is 7.17. The van der Waals surface area contributed by atoms with Gasteiger partial charge in [0.05, 0.1) is 6.61 Å². The molecule has 2 nitrogen and oxygen atoms in total. The highest BCUT2D eigenvalue weighted by Crippen LogP contribution is 2.36. The number of allylic oxidation sites excluding steroid dienone is 1. The van der Waals surface area contributed by atoms with Crippen molar-refractivity contribution in [2.75, 3.05) is 6.61 Å². The molecule has 1 unspecified atom stereocenters. The molecular weight excluding hydrogens is 140 g/mol. The van der Waals surface area contributed by atoms with Gasteiger partial charge in [0, 0.05) is 0 Å². The minimum Gasteiger partial charge on any atom is -0.495 e. The Hall–Kier alpha value is -0.500. The van der Waals surface area contributed by atoms with Crippen molar-refractivity contribution in [3.8, 4) is 0 Å². The summed E-state index contributed by atoms with van der Waals surface area (Å²) >= 11 is 0. The third-order valence-corrected chi connectivity index (χ3v) is 2.32. The summed E-state index contributed by atoms with van der Waals surface area (Å²) in [6, 6.07) is 0. The highest BCUT2D eigenvalue weighted by Gasteiger charge is 2.33. The van der Waals surface area contributed by atoms with Crippen LogP contribution in [-0.2, 0) is 4.74 Å². The van der Waals surface area contributed by atoms with E-state index in [0.717, 1.165) is 25.2 Å². The summed E-state index contributed by atoms with van der Waals surface area (Å²) in [4.78, 5) is 0. The number of hydrogen-bond donors (Lipinski definition) is 1. The standard InChI is InChI=1S/C9H14O2/c10-9(7-4-5-7)8-3-1-2-6-11-8/h3,7,9-10H,1-2,4-6H2. The van der Waals surface area contributed by atoms with Gasteiger partial charge >= 0.3 is 0 Å². The van der Waals surface area contributed by atoms with Gasteiger partial charge in [-0.15, -0.1) is 0 Å². The van der Waals surface area contributed by atoms with Crippen LogP contribution in [-0.4, -0.2) is 17.8 Å². The van der Waals surface area contributed by atoms with Crippen molar-refractivity contribution >= 4 is 0 Å². The zero-order valence-corrected chi connectivity index (χ0v) is 6.62. The minimum atomic E-state index is -0.296. The first-order chi connectivity index (χ1) is 5.38. The van der Waals surface area contributed by atoms with E-state index in [9.17, 15) is 5.11 Å². The molecule has 1 aliphatic carbocycles. The van der Waals surface area contributed by atoms with E-state index in [2.05, 4.69) is 0 Å². The molecule has 2 rings (SSSR count). The van der Waals surface area contributed by atoms with Crippen LogP contribution in [0.5, 0.6) is 0 Å². The van der Waals surface area contributed by atoms with Gasteiger partial charge in [-0.05, 0) is 37.7 Å². The van der Waals surface area contributed by atoms with Crippen molar-refractivity contribution in [1.82, 2.24) is 0 Å². The van der Waals surface area contributed by atoms with Crippen LogP contribution in [0.3, 0.4) is 0 Å². The highest BCUT2D eigenvalue weighted by atomic mass is 16.5. The quantitative estimate of drug-likeness (QED) is 0.652. The Morgan fingerprint density at radius 2 is 2.36 bits per heavy atom. The third kappa shape index (κ3) is 1.56. The van der Waals surface area contributed by atoms with Crippen molar-refractivity contribution in [2.45, 2.75) is 31.8 Å². The monoisotopic (exact) mass is 154 g/mol. The Balaban J connectivity index is 1.95. The van der Waals surface area contributed by atoms with E-state index in [0.29, 0.717) is 5.92 Å². The highest BCUT2D eigenvalue weighted by molar-refractivity contribution is 5.06. The van der Waals surface area contributed by atoms with Gasteiger partial charge in [-0.25, -0.2) is 0 Å². The number of aliphatic hydroxyl groups excluding tert-OH is 1. The van der Waals surface area contributed by atoms with Crippen LogP contribution >= 0.6 is 0 Å². The Morgan fingerprint density at radius 3 is 2.91 bits per heavy atom. The van der Waals surface area contributed by atoms with Crippen LogP contribution in [0.25, 0.3) is 0 Å². The van der Waals surface area contributed by atoms with Crippen molar-refractivity contribution < 1.29 is 9.84 Å². The molecule has 1 atom stereocenters. The lowest BCUT2D eigenvalue weighted by molar-refractivity contribution is 0.0792. The Morgan fingerprint density at radius 1 is 1.55 bits per heavy atom. The molecule has 1 fully saturated rings. The van der Waals surface area contributed by atoms with E-state index >= 15 is 0 Å². The molecule has 2 aliphatic rings. The summed E-state index contributed by atoms with van der Waals surface area (Å²) in [6.45, 7) is 0.787. The number of ether oxygens (including phenoxy) is 1. The second-order valence-corrected chi connectivity index (χ2v) is 3.38. The molecule has 11 heavy (non-hydrogen) atoms. The van der Waals surface area contributed by atoms with E-state index < -0.39 is 0 Å². The largest absolute Gasteiger partial charge is 0.495 e. The van der Waals surface area contributed by atoms with Gasteiger partial charge in [-0.2, -0.15) is 0 Å². The molecule has 1 heterocycles. The maximum absolute atomic E-state index is 9.62. The van der Waals surface area contributed by atoms with Crippen molar-refractivity contribution in [3.63, 3.8) is 0 Å². The molecule has 0 aromatic rings. The molecule has 2 heteroatoms. The lowest BCUT2D eigenvalue weighted by atomic mass is 10.1. The molecule has 0 saturated heterocycles. The second kappa shape index (κ2) is 2.86. The van der Waals surface area contributed by atoms with E-state index in [1.54, 1.807) is 0 Å². The van der Waals surface area contributed by atoms with E-state index in [1.807, 2.05) is 6.08 Å². The van der Waals surface area contributed by atoms with Gasteiger partial charge in [-0.3, -0.25) is 0 Å². The molecule has 0 aromatic heterocycles. The summed E-state index contributed by atoms with van der Waals surface area (Å²) in [7, 11) is 0. The van der Waals surface area contributed by atoms with Crippen molar-refractivity contribution in [1.29, 1.82) is 0 Å². The van der Waals surface area contributed by atoms with Crippen LogP contribution in [0.15, 0.2) is 11.8 Å². The normalized spacial score (nSPS) is 27.2. The molecule has 0 radical (unpaired) electrons. The van der Waals surface area contributed by atoms with Crippen LogP contribution in [0.2, 0.25) is 0 Å². The molecule has 0 bridgehead atoms. The summed E-state index contributed by atoms with van der Waals surface area (Å²) in [5.41, 5.74) is 0. The van der Waals surface area contributed by atoms with Crippen LogP contribution < -0.4 is 0 Å². The average Bonchev–Trinajstić information content (AvgIpc) is 2.87. The zero-order chi connectivity index (χ0) is 7.68. The predicted octanol–water partition coefficient (Wildman–Crippen LogP) is 1.45. The van der Waals surface area contributed by atoms with Crippen molar-refractivity contribution in [3.05, 3.63) is 11.8 Å². The van der Waals surface area contributed by atoms with Gasteiger partial charge < -0.3 is 9.84 Å². The maximum atomic E-state index is 9.62. The van der Waals surface area contributed by atoms with Gasteiger partial charge in [0.1, 0.15) is 11.9 Å². The summed E-state index contributed by atoms with van der Waals surface area (Å²) in [6.07, 6.45) is 6.24. The van der Waals surface area contributed by atoms with Gasteiger partial charge in [0.25, 0.3) is 0 Å². The fraction of sp³-hybridized carbons (Fsp3) is 0.778. The fourth-order valence-corrected chi connectivity index (χ4v) is 1.43. The molecule has 1 aliphatic heterocycles. The number of hydrogen-bond acceptors (Lipinski definition) is 2. The Bertz CT molecular complexity index is 170. The van der Waals surface area contributed by atoms with Crippen LogP contribution in [0.1, 0.15) is 25.7 Å². The molecular formula is C9H14O2. The molecule has 0 spiro atoms. The minimum absolute atomic E-state index is 0.296. The Labute approximate surface area is 66.9 Å². The maximum Gasteiger partial charge on any atom is 0.121 e. The summed E-state index contributed by atoms with van der Waals surface area (Å²) in [5, 5.41) is 9.62. The summed E-state index contributed by atoms with van der Waals surface area (Å²) < 4.78 is 5.35. The first-order valence-electron chi connectivity index (χ1n) is 4.39. The van der Waals surface area contributed by atoms with E-state index in [1.165, 1.54) is 12.8 Å². The predicted molar refractivity (Wildman–Crippen MR) is 42.0 cm³/mol. The van der Waals surface area contributed by atoms with Crippen molar-refractivity contribution in [2.24, 2.45) is 5.92 Å². The third-order valence-electron chi connectivity index (χ3n) is 2.32. The van der Waals surface area contributed by atoms with E-state index in [4.69, 9.17) is 4.74 Å². The van der Waals surface area contributed by atoms with Gasteiger partial charge in [0.15, 0.2) is 0 Å². The van der Waals surface area contributed by atoms with Crippen LogP contribution in [0.4, 0.5) is 0 Å². The fourth-order valence-electron chi connectivity index (χ4n) is 1.43. The van der Waals surface area contributed by atoms with E-state index in [-0.39, 0.29) is 6.10 Å². The second-order valence-electron chi connectivity index (χ2n) is 3.38. The van der Waals surface area contributed by atoms with Crippen LogP contribution in [0, 0.1) is 5.92 Å². The zero-order valence-electron chi connectivity index (χ0n) is 6.62. The SMILES string of the molecule is OC(C1=CCCCO1)C1CC1. The summed E-state index contributed by atoms with van der Waals surface area (Å²) in [5.74, 6) is 1.33. The topological polar surface area (TPSA) is 29.5 Å². The molecule has 0 amide bonds. The first-order valence-corrected chi connectivity index (χ1v) is 4.39. The lowest BCUT2D eigenvalue weighted by Gasteiger charge is -2.19. The van der Waals surface area contributed by atoms with Gasteiger partial charge in [-0.1, -0.05) is 0 Å². The number of rotatable bonds is 2. The van der Waals surface area contributed by atoms with Gasteiger partial charge in [0.2, 0.25) is 0 Å². The average molecular weight is 154 g/mol. The molecule has 62 valence electrons. The smallest absolute Gasteiger partial charge is 0.121 e. The lowest BCUT2D eigenvalue weighted by Crippen LogP contribution is -2.18. The molecule has 0 aromatic carbocycles. The number of aliphatic hydroxyl groups is 1. The molecule has 1 N–H and O–H groups in total. The Kier molecular flexibility index (Phi) is 1.86.